The van der Waals surface area contributed by atoms with Gasteiger partial charge in [0.25, 0.3) is 0 Å². The van der Waals surface area contributed by atoms with E-state index in [1.54, 1.807) is 6.92 Å². The van der Waals surface area contributed by atoms with E-state index >= 15 is 0 Å². The Kier molecular flexibility index (Phi) is 3.73. The maximum atomic E-state index is 9.52. The third kappa shape index (κ3) is 2.96. The predicted molar refractivity (Wildman–Crippen MR) is 84.9 cm³/mol. The highest BCUT2D eigenvalue weighted by molar-refractivity contribution is 6.28. The van der Waals surface area contributed by atoms with E-state index in [4.69, 9.17) is 11.6 Å². The molecule has 0 amide bonds. The first-order valence-corrected chi connectivity index (χ1v) is 6.98. The molecule has 0 bridgehead atoms. The second-order valence-corrected chi connectivity index (χ2v) is 5.12. The Morgan fingerprint density at radius 3 is 2.48 bits per heavy atom. The van der Waals surface area contributed by atoms with Crippen LogP contribution in [0, 0.1) is 0 Å². The number of aromatic nitrogens is 2. The average molecular weight is 300 g/mol. The number of rotatable bonds is 3. The van der Waals surface area contributed by atoms with Crippen molar-refractivity contribution in [1.29, 1.82) is 0 Å². The fourth-order valence-corrected chi connectivity index (χ4v) is 2.30. The molecule has 2 aromatic carbocycles. The largest absolute Gasteiger partial charge is 0.389 e. The minimum Gasteiger partial charge on any atom is -0.389 e. The van der Waals surface area contributed by atoms with Gasteiger partial charge in [-0.1, -0.05) is 24.3 Å². The molecule has 4 nitrogen and oxygen atoms in total. The molecule has 0 spiro atoms. The number of benzene rings is 2. The normalized spacial score (nSPS) is 12.3. The van der Waals surface area contributed by atoms with Gasteiger partial charge in [-0.2, -0.15) is 4.98 Å². The van der Waals surface area contributed by atoms with Crippen LogP contribution in [0.2, 0.25) is 5.28 Å². The van der Waals surface area contributed by atoms with E-state index in [9.17, 15) is 5.11 Å². The highest BCUT2D eigenvalue weighted by atomic mass is 35.5. The van der Waals surface area contributed by atoms with E-state index in [0.29, 0.717) is 5.82 Å². The molecule has 0 saturated carbocycles. The summed E-state index contributed by atoms with van der Waals surface area (Å²) in [4.78, 5) is 8.44. The molecule has 21 heavy (non-hydrogen) atoms. The lowest BCUT2D eigenvalue weighted by atomic mass is 10.1. The molecule has 1 heterocycles. The van der Waals surface area contributed by atoms with Crippen LogP contribution in [0.4, 0.5) is 11.5 Å². The van der Waals surface area contributed by atoms with Crippen LogP contribution in [0.5, 0.6) is 0 Å². The molecule has 0 radical (unpaired) electrons. The van der Waals surface area contributed by atoms with Crippen LogP contribution in [0.15, 0.2) is 48.5 Å². The molecule has 0 saturated heterocycles. The molecule has 2 N–H and O–H groups in total. The van der Waals surface area contributed by atoms with Crippen LogP contribution < -0.4 is 5.32 Å². The van der Waals surface area contributed by atoms with Crippen molar-refractivity contribution >= 4 is 34.0 Å². The van der Waals surface area contributed by atoms with Crippen LogP contribution >= 0.6 is 11.6 Å². The molecule has 3 rings (SSSR count). The van der Waals surface area contributed by atoms with Crippen molar-refractivity contribution in [2.24, 2.45) is 0 Å². The quantitative estimate of drug-likeness (QED) is 0.716. The minimum atomic E-state index is -0.478. The highest BCUT2D eigenvalue weighted by Crippen LogP contribution is 2.25. The van der Waals surface area contributed by atoms with Gasteiger partial charge in [0.05, 0.1) is 11.6 Å². The molecule has 0 aliphatic carbocycles. The molecule has 106 valence electrons. The summed E-state index contributed by atoms with van der Waals surface area (Å²) in [6.07, 6.45) is -0.478. The fraction of sp³-hybridized carbons (Fsp3) is 0.125. The Bertz CT molecular complexity index is 772. The summed E-state index contributed by atoms with van der Waals surface area (Å²) in [5, 5.41) is 13.9. The summed E-state index contributed by atoms with van der Waals surface area (Å²) >= 11 is 5.96. The van der Waals surface area contributed by atoms with Gasteiger partial charge in [0.2, 0.25) is 5.28 Å². The third-order valence-electron chi connectivity index (χ3n) is 3.23. The lowest BCUT2D eigenvalue weighted by Crippen LogP contribution is -1.98. The molecule has 0 aliphatic rings. The van der Waals surface area contributed by atoms with E-state index < -0.39 is 6.10 Å². The molecule has 0 aliphatic heterocycles. The monoisotopic (exact) mass is 299 g/mol. The zero-order chi connectivity index (χ0) is 14.8. The van der Waals surface area contributed by atoms with Gasteiger partial charge in [-0.05, 0) is 48.4 Å². The fourth-order valence-electron chi connectivity index (χ4n) is 2.13. The van der Waals surface area contributed by atoms with Crippen molar-refractivity contribution in [3.63, 3.8) is 0 Å². The van der Waals surface area contributed by atoms with Crippen LogP contribution in [0.25, 0.3) is 10.9 Å². The number of fused-ring (bicyclic) bond motifs is 1. The van der Waals surface area contributed by atoms with Gasteiger partial charge in [-0.3, -0.25) is 0 Å². The van der Waals surface area contributed by atoms with E-state index in [2.05, 4.69) is 15.3 Å². The predicted octanol–water partition coefficient (Wildman–Crippen LogP) is 4.08. The van der Waals surface area contributed by atoms with Gasteiger partial charge in [-0.25, -0.2) is 4.98 Å². The number of hydrogen-bond acceptors (Lipinski definition) is 4. The Labute approximate surface area is 127 Å². The Balaban J connectivity index is 1.97. The molecular formula is C16H14ClN3O. The van der Waals surface area contributed by atoms with E-state index in [0.717, 1.165) is 22.2 Å². The molecular weight excluding hydrogens is 286 g/mol. The number of hydrogen-bond donors (Lipinski definition) is 2. The van der Waals surface area contributed by atoms with Crippen LogP contribution in [0.1, 0.15) is 18.6 Å². The summed E-state index contributed by atoms with van der Waals surface area (Å²) in [6, 6.07) is 15.2. The summed E-state index contributed by atoms with van der Waals surface area (Å²) in [7, 11) is 0. The first kappa shape index (κ1) is 13.8. The first-order valence-electron chi connectivity index (χ1n) is 6.61. The van der Waals surface area contributed by atoms with Gasteiger partial charge in [0.1, 0.15) is 5.82 Å². The van der Waals surface area contributed by atoms with Crippen LogP contribution in [-0.2, 0) is 0 Å². The molecule has 5 heteroatoms. The second kappa shape index (κ2) is 5.68. The first-order chi connectivity index (χ1) is 10.1. The second-order valence-electron chi connectivity index (χ2n) is 4.78. The molecule has 0 unspecified atom stereocenters. The number of aliphatic hydroxyl groups is 1. The summed E-state index contributed by atoms with van der Waals surface area (Å²) in [5.41, 5.74) is 2.53. The van der Waals surface area contributed by atoms with Crippen molar-refractivity contribution < 1.29 is 5.11 Å². The smallest absolute Gasteiger partial charge is 0.224 e. The van der Waals surface area contributed by atoms with E-state index in [1.807, 2.05) is 48.5 Å². The number of halogens is 1. The lowest BCUT2D eigenvalue weighted by molar-refractivity contribution is 0.199. The van der Waals surface area contributed by atoms with Crippen molar-refractivity contribution in [3.05, 3.63) is 59.4 Å². The number of nitrogens with one attached hydrogen (secondary N) is 1. The maximum Gasteiger partial charge on any atom is 0.224 e. The van der Waals surface area contributed by atoms with Gasteiger partial charge in [-0.15, -0.1) is 0 Å². The SMILES string of the molecule is C[C@@H](O)c1ccc(Nc2nc(Cl)nc3ccccc23)cc1. The number of para-hydroxylation sites is 1. The molecule has 1 aromatic heterocycles. The maximum absolute atomic E-state index is 9.52. The minimum absolute atomic E-state index is 0.205. The molecule has 3 aromatic rings. The Morgan fingerprint density at radius 1 is 1.05 bits per heavy atom. The summed E-state index contributed by atoms with van der Waals surface area (Å²) in [5.74, 6) is 0.662. The van der Waals surface area contributed by atoms with E-state index in [1.165, 1.54) is 0 Å². The molecule has 0 fully saturated rings. The van der Waals surface area contributed by atoms with Crippen molar-refractivity contribution in [2.75, 3.05) is 5.32 Å². The van der Waals surface area contributed by atoms with Gasteiger partial charge in [0, 0.05) is 11.1 Å². The Morgan fingerprint density at radius 2 is 1.76 bits per heavy atom. The van der Waals surface area contributed by atoms with Gasteiger partial charge >= 0.3 is 0 Å². The topological polar surface area (TPSA) is 58.0 Å². The summed E-state index contributed by atoms with van der Waals surface area (Å²) in [6.45, 7) is 1.74. The zero-order valence-electron chi connectivity index (χ0n) is 11.4. The van der Waals surface area contributed by atoms with Crippen molar-refractivity contribution in [1.82, 2.24) is 9.97 Å². The standard InChI is InChI=1S/C16H14ClN3O/c1-10(21)11-6-8-12(9-7-11)18-15-13-4-2-3-5-14(13)19-16(17)20-15/h2-10,21H,1H3,(H,18,19,20)/t10-/m1/s1. The summed E-state index contributed by atoms with van der Waals surface area (Å²) < 4.78 is 0. The number of aliphatic hydroxyl groups excluding tert-OH is 1. The van der Waals surface area contributed by atoms with Crippen molar-refractivity contribution in [2.45, 2.75) is 13.0 Å². The molecule has 1 atom stereocenters. The van der Waals surface area contributed by atoms with Crippen LogP contribution in [-0.4, -0.2) is 15.1 Å². The Hall–Kier alpha value is -2.17. The third-order valence-corrected chi connectivity index (χ3v) is 3.40. The average Bonchev–Trinajstić information content (AvgIpc) is 2.47. The van der Waals surface area contributed by atoms with Crippen molar-refractivity contribution in [3.8, 4) is 0 Å². The van der Waals surface area contributed by atoms with E-state index in [-0.39, 0.29) is 5.28 Å². The highest BCUT2D eigenvalue weighted by Gasteiger charge is 2.07. The lowest BCUT2D eigenvalue weighted by Gasteiger charge is -2.10. The van der Waals surface area contributed by atoms with Crippen LogP contribution in [0.3, 0.4) is 0 Å². The van der Waals surface area contributed by atoms with Gasteiger partial charge in [0.15, 0.2) is 0 Å². The number of nitrogens with zero attached hydrogens (tertiary/aromatic N) is 2. The number of anilines is 2. The van der Waals surface area contributed by atoms with Gasteiger partial charge < -0.3 is 10.4 Å². The zero-order valence-corrected chi connectivity index (χ0v) is 12.2.